The van der Waals surface area contributed by atoms with E-state index in [0.29, 0.717) is 21.6 Å². The first-order valence-corrected chi connectivity index (χ1v) is 5.67. The molecule has 0 saturated heterocycles. The van der Waals surface area contributed by atoms with Crippen molar-refractivity contribution in [1.29, 1.82) is 0 Å². The maximum absolute atomic E-state index is 6.01. The van der Waals surface area contributed by atoms with Crippen LogP contribution >= 0.6 is 34.8 Å². The van der Waals surface area contributed by atoms with Crippen molar-refractivity contribution >= 4 is 40.5 Å². The van der Waals surface area contributed by atoms with Gasteiger partial charge < -0.3 is 10.3 Å². The third-order valence-corrected chi connectivity index (χ3v) is 3.05. The molecular weight excluding hydrogens is 268 g/mol. The van der Waals surface area contributed by atoms with Crippen molar-refractivity contribution in [1.82, 2.24) is 9.97 Å². The molecule has 3 nitrogen and oxygen atoms in total. The highest BCUT2D eigenvalue weighted by molar-refractivity contribution is 6.44. The number of hydrogen-bond acceptors (Lipinski definition) is 2. The van der Waals surface area contributed by atoms with Crippen molar-refractivity contribution in [3.05, 3.63) is 45.4 Å². The number of nitrogens with one attached hydrogen (secondary N) is 2. The van der Waals surface area contributed by atoms with E-state index in [4.69, 9.17) is 34.8 Å². The van der Waals surface area contributed by atoms with Crippen molar-refractivity contribution in [2.24, 2.45) is 0 Å². The lowest BCUT2D eigenvalue weighted by Crippen LogP contribution is -2.01. The monoisotopic (exact) mass is 275 g/mol. The molecule has 0 amide bonds. The highest BCUT2D eigenvalue weighted by atomic mass is 35.5. The van der Waals surface area contributed by atoms with Crippen molar-refractivity contribution < 1.29 is 0 Å². The number of halogens is 3. The molecule has 0 unspecified atom stereocenters. The molecule has 16 heavy (non-hydrogen) atoms. The molecule has 2 N–H and O–H groups in total. The minimum Gasteiger partial charge on any atom is -0.377 e. The van der Waals surface area contributed by atoms with Gasteiger partial charge >= 0.3 is 0 Å². The SMILES string of the molecule is Clc1cc(Cl)c(NCc2ncc[nH]2)cc1Cl. The molecule has 1 aromatic carbocycles. The standard InChI is InChI=1S/C10H8Cl3N3/c11-6-3-8(13)9(4-7(6)12)16-5-10-14-1-2-15-10/h1-4,16H,5H2,(H,14,15). The first-order chi connectivity index (χ1) is 7.66. The average molecular weight is 277 g/mol. The van der Waals surface area contributed by atoms with Crippen LogP contribution in [0, 0.1) is 0 Å². The molecule has 0 radical (unpaired) electrons. The Kier molecular flexibility index (Phi) is 3.59. The molecule has 2 aromatic rings. The summed E-state index contributed by atoms with van der Waals surface area (Å²) in [7, 11) is 0. The Hall–Kier alpha value is -0.900. The van der Waals surface area contributed by atoms with Crippen LogP contribution in [0.3, 0.4) is 0 Å². The van der Waals surface area contributed by atoms with Crippen molar-refractivity contribution in [2.75, 3.05) is 5.32 Å². The van der Waals surface area contributed by atoms with Crippen LogP contribution in [-0.4, -0.2) is 9.97 Å². The predicted molar refractivity (Wildman–Crippen MR) is 67.4 cm³/mol. The Labute approximate surface area is 108 Å². The highest BCUT2D eigenvalue weighted by Crippen LogP contribution is 2.32. The summed E-state index contributed by atoms with van der Waals surface area (Å²) in [6.07, 6.45) is 3.45. The summed E-state index contributed by atoms with van der Waals surface area (Å²) in [5, 5.41) is 4.55. The zero-order valence-electron chi connectivity index (χ0n) is 8.10. The third kappa shape index (κ3) is 2.61. The van der Waals surface area contributed by atoms with Crippen molar-refractivity contribution in [3.63, 3.8) is 0 Å². The molecule has 2 rings (SSSR count). The summed E-state index contributed by atoms with van der Waals surface area (Å²) in [5.74, 6) is 0.821. The molecule has 0 aliphatic heterocycles. The second kappa shape index (κ2) is 4.95. The number of benzene rings is 1. The summed E-state index contributed by atoms with van der Waals surface area (Å²) in [4.78, 5) is 7.06. The fourth-order valence-corrected chi connectivity index (χ4v) is 1.85. The Morgan fingerprint density at radius 1 is 1.12 bits per heavy atom. The van der Waals surface area contributed by atoms with Crippen LogP contribution in [0.25, 0.3) is 0 Å². The molecule has 0 saturated carbocycles. The Bertz CT molecular complexity index is 482. The van der Waals surface area contributed by atoms with Crippen LogP contribution in [-0.2, 0) is 6.54 Å². The minimum absolute atomic E-state index is 0.440. The number of hydrogen-bond donors (Lipinski definition) is 2. The third-order valence-electron chi connectivity index (χ3n) is 2.01. The maximum atomic E-state index is 6.01. The van der Waals surface area contributed by atoms with Gasteiger partial charge in [0.05, 0.1) is 27.3 Å². The van der Waals surface area contributed by atoms with E-state index in [1.165, 1.54) is 0 Å². The molecule has 1 heterocycles. The van der Waals surface area contributed by atoms with Crippen LogP contribution in [0.15, 0.2) is 24.5 Å². The summed E-state index contributed by atoms with van der Waals surface area (Å²) in [5.41, 5.74) is 0.729. The zero-order valence-corrected chi connectivity index (χ0v) is 10.4. The van der Waals surface area contributed by atoms with Gasteiger partial charge in [0.2, 0.25) is 0 Å². The van der Waals surface area contributed by atoms with Gasteiger partial charge in [-0.05, 0) is 12.1 Å². The summed E-state index contributed by atoms with van der Waals surface area (Å²) in [6.45, 7) is 0.546. The fourth-order valence-electron chi connectivity index (χ4n) is 1.23. The van der Waals surface area contributed by atoms with Gasteiger partial charge in [0.15, 0.2) is 0 Å². The first kappa shape index (κ1) is 11.6. The largest absolute Gasteiger partial charge is 0.377 e. The van der Waals surface area contributed by atoms with Crippen LogP contribution in [0.5, 0.6) is 0 Å². The second-order valence-electron chi connectivity index (χ2n) is 3.14. The average Bonchev–Trinajstić information content (AvgIpc) is 2.74. The van der Waals surface area contributed by atoms with E-state index < -0.39 is 0 Å². The Morgan fingerprint density at radius 2 is 1.88 bits per heavy atom. The molecule has 0 fully saturated rings. The molecule has 0 atom stereocenters. The number of anilines is 1. The van der Waals surface area contributed by atoms with E-state index in [2.05, 4.69) is 15.3 Å². The van der Waals surface area contributed by atoms with Crippen molar-refractivity contribution in [3.8, 4) is 0 Å². The molecular formula is C10H8Cl3N3. The lowest BCUT2D eigenvalue weighted by molar-refractivity contribution is 1.00. The van der Waals surface area contributed by atoms with Crippen LogP contribution in [0.1, 0.15) is 5.82 Å². The van der Waals surface area contributed by atoms with Gasteiger partial charge in [0, 0.05) is 12.4 Å². The molecule has 1 aromatic heterocycles. The smallest absolute Gasteiger partial charge is 0.125 e. The minimum atomic E-state index is 0.440. The van der Waals surface area contributed by atoms with E-state index in [-0.39, 0.29) is 0 Å². The second-order valence-corrected chi connectivity index (χ2v) is 4.36. The molecule has 0 aliphatic rings. The maximum Gasteiger partial charge on any atom is 0.125 e. The summed E-state index contributed by atoms with van der Waals surface area (Å²) < 4.78 is 0. The number of aromatic amines is 1. The Morgan fingerprint density at radius 3 is 2.56 bits per heavy atom. The predicted octanol–water partition coefficient (Wildman–Crippen LogP) is 3.98. The molecule has 0 aliphatic carbocycles. The van der Waals surface area contributed by atoms with Gasteiger partial charge in [-0.15, -0.1) is 0 Å². The van der Waals surface area contributed by atoms with E-state index in [0.717, 1.165) is 11.5 Å². The molecule has 6 heteroatoms. The van der Waals surface area contributed by atoms with E-state index in [1.807, 2.05) is 0 Å². The van der Waals surface area contributed by atoms with Crippen LogP contribution in [0.4, 0.5) is 5.69 Å². The van der Waals surface area contributed by atoms with Crippen LogP contribution in [0.2, 0.25) is 15.1 Å². The highest BCUT2D eigenvalue weighted by Gasteiger charge is 2.05. The molecule has 0 bridgehead atoms. The van der Waals surface area contributed by atoms with Crippen molar-refractivity contribution in [2.45, 2.75) is 6.54 Å². The van der Waals surface area contributed by atoms with E-state index >= 15 is 0 Å². The summed E-state index contributed by atoms with van der Waals surface area (Å²) in [6, 6.07) is 3.30. The topological polar surface area (TPSA) is 40.7 Å². The number of rotatable bonds is 3. The first-order valence-electron chi connectivity index (χ1n) is 4.53. The van der Waals surface area contributed by atoms with E-state index in [9.17, 15) is 0 Å². The fraction of sp³-hybridized carbons (Fsp3) is 0.100. The zero-order chi connectivity index (χ0) is 11.5. The summed E-state index contributed by atoms with van der Waals surface area (Å²) >= 11 is 17.7. The lowest BCUT2D eigenvalue weighted by atomic mass is 10.3. The van der Waals surface area contributed by atoms with Gasteiger partial charge in [-0.1, -0.05) is 34.8 Å². The van der Waals surface area contributed by atoms with Gasteiger partial charge in [0.1, 0.15) is 5.82 Å². The normalized spacial score (nSPS) is 10.4. The number of imidazole rings is 1. The molecule has 84 valence electrons. The van der Waals surface area contributed by atoms with Gasteiger partial charge in [-0.25, -0.2) is 4.98 Å². The number of nitrogens with zero attached hydrogens (tertiary/aromatic N) is 1. The van der Waals surface area contributed by atoms with Crippen LogP contribution < -0.4 is 5.32 Å². The quantitative estimate of drug-likeness (QED) is 0.833. The lowest BCUT2D eigenvalue weighted by Gasteiger charge is -2.08. The number of H-pyrrole nitrogens is 1. The van der Waals surface area contributed by atoms with E-state index in [1.54, 1.807) is 24.5 Å². The number of aromatic nitrogens is 2. The van der Waals surface area contributed by atoms with Gasteiger partial charge in [-0.3, -0.25) is 0 Å². The Balaban J connectivity index is 2.12. The van der Waals surface area contributed by atoms with Gasteiger partial charge in [0.25, 0.3) is 0 Å². The van der Waals surface area contributed by atoms with Gasteiger partial charge in [-0.2, -0.15) is 0 Å². The molecule has 0 spiro atoms.